The van der Waals surface area contributed by atoms with Crippen molar-refractivity contribution < 1.29 is 4.52 Å². The average molecular weight is 263 g/mol. The van der Waals surface area contributed by atoms with Crippen LogP contribution in [0.25, 0.3) is 0 Å². The molecule has 0 radical (unpaired) electrons. The molecule has 0 atom stereocenters. The van der Waals surface area contributed by atoms with Gasteiger partial charge in [0.15, 0.2) is 5.76 Å². The Morgan fingerprint density at radius 2 is 2.05 bits per heavy atom. The summed E-state index contributed by atoms with van der Waals surface area (Å²) in [5.41, 5.74) is 0.970. The van der Waals surface area contributed by atoms with Crippen molar-refractivity contribution in [1.29, 1.82) is 0 Å². The van der Waals surface area contributed by atoms with E-state index in [1.165, 1.54) is 0 Å². The minimum atomic E-state index is 0.0682. The molecule has 2 aromatic rings. The van der Waals surface area contributed by atoms with E-state index in [2.05, 4.69) is 41.3 Å². The van der Waals surface area contributed by atoms with Gasteiger partial charge >= 0.3 is 0 Å². The van der Waals surface area contributed by atoms with E-state index in [0.717, 1.165) is 23.1 Å². The molecule has 0 aliphatic heterocycles. The van der Waals surface area contributed by atoms with Gasteiger partial charge in [-0.1, -0.05) is 5.16 Å². The van der Waals surface area contributed by atoms with Crippen LogP contribution in [-0.2, 0) is 13.1 Å². The third kappa shape index (κ3) is 3.89. The smallest absolute Gasteiger partial charge is 0.158 e. The maximum absolute atomic E-state index is 5.32. The first-order valence-electron chi connectivity index (χ1n) is 6.41. The van der Waals surface area contributed by atoms with Crippen LogP contribution in [0, 0.1) is 13.8 Å². The largest absolute Gasteiger partial charge is 0.359 e. The van der Waals surface area contributed by atoms with Crippen LogP contribution in [0.5, 0.6) is 0 Å². The van der Waals surface area contributed by atoms with Gasteiger partial charge in [0, 0.05) is 18.2 Å². The lowest BCUT2D eigenvalue weighted by atomic mass is 10.1. The summed E-state index contributed by atoms with van der Waals surface area (Å²) < 4.78 is 7.14. The minimum Gasteiger partial charge on any atom is -0.359 e. The zero-order chi connectivity index (χ0) is 14.0. The highest BCUT2D eigenvalue weighted by Gasteiger charge is 2.12. The number of nitrogens with one attached hydrogen (secondary N) is 1. The summed E-state index contributed by atoms with van der Waals surface area (Å²) in [7, 11) is 0. The topological polar surface area (TPSA) is 68.8 Å². The van der Waals surface area contributed by atoms with Crippen molar-refractivity contribution >= 4 is 0 Å². The SMILES string of the molecule is Cc1nc(C)n(Cc2cc(CNC(C)(C)C)no2)n1. The molecule has 0 aromatic carbocycles. The van der Waals surface area contributed by atoms with E-state index in [-0.39, 0.29) is 5.54 Å². The summed E-state index contributed by atoms with van der Waals surface area (Å²) in [6.07, 6.45) is 0. The normalized spacial score (nSPS) is 12.1. The summed E-state index contributed by atoms with van der Waals surface area (Å²) in [5, 5.41) is 11.7. The Morgan fingerprint density at radius 3 is 2.63 bits per heavy atom. The average Bonchev–Trinajstić information content (AvgIpc) is 2.83. The number of aryl methyl sites for hydroxylation is 2. The van der Waals surface area contributed by atoms with Crippen LogP contribution < -0.4 is 5.32 Å². The summed E-state index contributed by atoms with van der Waals surface area (Å²) in [5.74, 6) is 2.44. The third-order valence-corrected chi connectivity index (χ3v) is 2.68. The van der Waals surface area contributed by atoms with Crippen molar-refractivity contribution in [3.63, 3.8) is 0 Å². The number of hydrogen-bond donors (Lipinski definition) is 1. The second kappa shape index (κ2) is 5.13. The van der Waals surface area contributed by atoms with E-state index in [1.54, 1.807) is 0 Å². The van der Waals surface area contributed by atoms with Crippen LogP contribution in [0.3, 0.4) is 0 Å². The molecule has 19 heavy (non-hydrogen) atoms. The maximum atomic E-state index is 5.32. The zero-order valence-corrected chi connectivity index (χ0v) is 12.2. The van der Waals surface area contributed by atoms with Gasteiger partial charge in [-0.2, -0.15) is 5.10 Å². The predicted molar refractivity (Wildman–Crippen MR) is 71.7 cm³/mol. The predicted octanol–water partition coefficient (Wildman–Crippen LogP) is 1.82. The van der Waals surface area contributed by atoms with E-state index in [1.807, 2.05) is 24.6 Å². The molecule has 2 heterocycles. The van der Waals surface area contributed by atoms with Gasteiger partial charge in [-0.25, -0.2) is 9.67 Å². The van der Waals surface area contributed by atoms with Gasteiger partial charge in [-0.05, 0) is 34.6 Å². The molecule has 0 aliphatic carbocycles. The molecular formula is C13H21N5O. The lowest BCUT2D eigenvalue weighted by Gasteiger charge is -2.19. The molecule has 0 bridgehead atoms. The van der Waals surface area contributed by atoms with Crippen LogP contribution >= 0.6 is 0 Å². The van der Waals surface area contributed by atoms with E-state index in [9.17, 15) is 0 Å². The van der Waals surface area contributed by atoms with Crippen molar-refractivity contribution in [3.8, 4) is 0 Å². The van der Waals surface area contributed by atoms with E-state index >= 15 is 0 Å². The zero-order valence-electron chi connectivity index (χ0n) is 12.2. The van der Waals surface area contributed by atoms with Crippen molar-refractivity contribution in [2.75, 3.05) is 0 Å². The monoisotopic (exact) mass is 263 g/mol. The molecule has 6 heteroatoms. The van der Waals surface area contributed by atoms with Crippen molar-refractivity contribution in [1.82, 2.24) is 25.2 Å². The number of hydrogen-bond acceptors (Lipinski definition) is 5. The molecule has 0 aliphatic rings. The molecule has 2 aromatic heterocycles. The first kappa shape index (κ1) is 13.7. The highest BCUT2D eigenvalue weighted by Crippen LogP contribution is 2.08. The highest BCUT2D eigenvalue weighted by molar-refractivity contribution is 5.06. The first-order chi connectivity index (χ1) is 8.83. The van der Waals surface area contributed by atoms with Crippen LogP contribution in [-0.4, -0.2) is 25.5 Å². The van der Waals surface area contributed by atoms with Crippen molar-refractivity contribution in [2.45, 2.75) is 53.2 Å². The third-order valence-electron chi connectivity index (χ3n) is 2.68. The Kier molecular flexibility index (Phi) is 3.71. The second-order valence-corrected chi connectivity index (χ2v) is 5.75. The van der Waals surface area contributed by atoms with Crippen LogP contribution in [0.4, 0.5) is 0 Å². The van der Waals surface area contributed by atoms with Gasteiger partial charge in [0.2, 0.25) is 0 Å². The molecular weight excluding hydrogens is 242 g/mol. The molecule has 0 spiro atoms. The fraction of sp³-hybridized carbons (Fsp3) is 0.615. The van der Waals surface area contributed by atoms with Gasteiger partial charge in [0.1, 0.15) is 18.2 Å². The minimum absolute atomic E-state index is 0.0682. The Labute approximate surface area is 113 Å². The molecule has 0 saturated carbocycles. The Hall–Kier alpha value is -1.69. The summed E-state index contributed by atoms with van der Waals surface area (Å²) in [4.78, 5) is 4.26. The van der Waals surface area contributed by atoms with Gasteiger partial charge in [0.25, 0.3) is 0 Å². The van der Waals surface area contributed by atoms with Gasteiger partial charge < -0.3 is 9.84 Å². The molecule has 6 nitrogen and oxygen atoms in total. The molecule has 104 valence electrons. The molecule has 0 amide bonds. The molecule has 1 N–H and O–H groups in total. The number of rotatable bonds is 4. The van der Waals surface area contributed by atoms with Gasteiger partial charge in [-0.15, -0.1) is 0 Å². The fourth-order valence-corrected chi connectivity index (χ4v) is 1.73. The molecule has 0 unspecified atom stereocenters. The summed E-state index contributed by atoms with van der Waals surface area (Å²) in [6.45, 7) is 11.4. The van der Waals surface area contributed by atoms with E-state index in [4.69, 9.17) is 4.52 Å². The second-order valence-electron chi connectivity index (χ2n) is 5.75. The van der Waals surface area contributed by atoms with E-state index in [0.29, 0.717) is 13.1 Å². The number of aromatic nitrogens is 4. The van der Waals surface area contributed by atoms with Crippen LogP contribution in [0.1, 0.15) is 43.9 Å². The fourth-order valence-electron chi connectivity index (χ4n) is 1.73. The lowest BCUT2D eigenvalue weighted by molar-refractivity contribution is 0.356. The Balaban J connectivity index is 1.99. The maximum Gasteiger partial charge on any atom is 0.158 e. The van der Waals surface area contributed by atoms with Crippen molar-refractivity contribution in [2.24, 2.45) is 0 Å². The Bertz CT molecular complexity index is 550. The lowest BCUT2D eigenvalue weighted by Crippen LogP contribution is -2.35. The first-order valence-corrected chi connectivity index (χ1v) is 6.41. The molecule has 0 fully saturated rings. The van der Waals surface area contributed by atoms with Gasteiger partial charge in [0.05, 0.1) is 5.69 Å². The quantitative estimate of drug-likeness (QED) is 0.911. The van der Waals surface area contributed by atoms with E-state index < -0.39 is 0 Å². The van der Waals surface area contributed by atoms with Crippen LogP contribution in [0.15, 0.2) is 10.6 Å². The number of nitrogens with zero attached hydrogens (tertiary/aromatic N) is 4. The van der Waals surface area contributed by atoms with Crippen LogP contribution in [0.2, 0.25) is 0 Å². The van der Waals surface area contributed by atoms with Gasteiger partial charge in [-0.3, -0.25) is 0 Å². The molecule has 0 saturated heterocycles. The summed E-state index contributed by atoms with van der Waals surface area (Å²) >= 11 is 0. The Morgan fingerprint density at radius 1 is 1.32 bits per heavy atom. The highest BCUT2D eigenvalue weighted by atomic mass is 16.5. The van der Waals surface area contributed by atoms with Crippen molar-refractivity contribution in [3.05, 3.63) is 29.2 Å². The summed E-state index contributed by atoms with van der Waals surface area (Å²) in [6, 6.07) is 1.95. The standard InChI is InChI=1S/C13H21N5O/c1-9-15-10(2)18(16-9)8-12-6-11(17-19-12)7-14-13(3,4)5/h6,14H,7-8H2,1-5H3. The molecule has 2 rings (SSSR count).